The summed E-state index contributed by atoms with van der Waals surface area (Å²) in [5, 5.41) is 10.4. The molecule has 98 valence electrons. The van der Waals surface area contributed by atoms with Crippen molar-refractivity contribution in [2.24, 2.45) is 5.73 Å². The highest BCUT2D eigenvalue weighted by atomic mass is 16.1. The number of pyridine rings is 2. The van der Waals surface area contributed by atoms with E-state index in [1.165, 1.54) is 6.07 Å². The van der Waals surface area contributed by atoms with E-state index in [0.717, 1.165) is 5.56 Å². The number of aromatic amines is 1. The molecule has 0 spiro atoms. The van der Waals surface area contributed by atoms with Gasteiger partial charge < -0.3 is 16.0 Å². The minimum absolute atomic E-state index is 0.0295. The average molecular weight is 257 g/mol. The Labute approximate surface area is 110 Å². The molecule has 0 aliphatic rings. The van der Waals surface area contributed by atoms with Crippen LogP contribution in [0.2, 0.25) is 0 Å². The maximum atomic E-state index is 11.7. The Bertz CT molecular complexity index is 635. The van der Waals surface area contributed by atoms with Crippen molar-refractivity contribution in [1.82, 2.24) is 9.97 Å². The molecule has 0 saturated carbocycles. The second-order valence-electron chi connectivity index (χ2n) is 4.18. The Balaban J connectivity index is 2.18. The molecule has 2 aromatic rings. The molecule has 0 bridgehead atoms. The largest absolute Gasteiger partial charge is 0.384 e. The van der Waals surface area contributed by atoms with Gasteiger partial charge in [-0.3, -0.25) is 15.2 Å². The van der Waals surface area contributed by atoms with Crippen LogP contribution < -0.4 is 16.6 Å². The van der Waals surface area contributed by atoms with Gasteiger partial charge in [-0.25, -0.2) is 0 Å². The van der Waals surface area contributed by atoms with Crippen LogP contribution in [0.25, 0.3) is 0 Å². The van der Waals surface area contributed by atoms with E-state index < -0.39 is 0 Å². The van der Waals surface area contributed by atoms with Gasteiger partial charge in [0.25, 0.3) is 5.56 Å². The summed E-state index contributed by atoms with van der Waals surface area (Å²) in [5.41, 5.74) is 6.15. The van der Waals surface area contributed by atoms with E-state index in [4.69, 9.17) is 11.1 Å². The van der Waals surface area contributed by atoms with Crippen LogP contribution in [0.4, 0.5) is 5.82 Å². The highest BCUT2D eigenvalue weighted by Gasteiger charge is 2.07. The number of anilines is 1. The van der Waals surface area contributed by atoms with E-state index >= 15 is 0 Å². The lowest BCUT2D eigenvalue weighted by Gasteiger charge is -2.15. The molecule has 19 heavy (non-hydrogen) atoms. The Morgan fingerprint density at radius 1 is 1.37 bits per heavy atom. The summed E-state index contributed by atoms with van der Waals surface area (Å²) in [6.07, 6.45) is 3.43. The van der Waals surface area contributed by atoms with E-state index in [-0.39, 0.29) is 23.0 Å². The summed E-state index contributed by atoms with van der Waals surface area (Å²) >= 11 is 0. The third-order valence-electron chi connectivity index (χ3n) is 2.78. The van der Waals surface area contributed by atoms with Gasteiger partial charge in [-0.15, -0.1) is 0 Å². The molecule has 1 unspecified atom stereocenters. The molecule has 0 fully saturated rings. The quantitative estimate of drug-likeness (QED) is 0.488. The van der Waals surface area contributed by atoms with Crippen molar-refractivity contribution >= 4 is 11.7 Å². The third-order valence-corrected chi connectivity index (χ3v) is 2.78. The summed E-state index contributed by atoms with van der Waals surface area (Å²) in [4.78, 5) is 18.3. The van der Waals surface area contributed by atoms with Gasteiger partial charge in [0.15, 0.2) is 0 Å². The van der Waals surface area contributed by atoms with Crippen molar-refractivity contribution in [3.05, 3.63) is 58.1 Å². The molecular formula is C13H15N5O. The van der Waals surface area contributed by atoms with Gasteiger partial charge in [0.1, 0.15) is 11.7 Å². The van der Waals surface area contributed by atoms with E-state index in [1.807, 2.05) is 19.1 Å². The van der Waals surface area contributed by atoms with Gasteiger partial charge in [0.2, 0.25) is 0 Å². The van der Waals surface area contributed by atoms with Crippen LogP contribution in [0, 0.1) is 5.41 Å². The SMILES string of the molecule is CC(Nc1ccc(C(=N)N)c(=O)[nH]1)c1ccncc1. The summed E-state index contributed by atoms with van der Waals surface area (Å²) in [7, 11) is 0. The van der Waals surface area contributed by atoms with Crippen molar-refractivity contribution in [3.63, 3.8) is 0 Å². The number of nitrogens with one attached hydrogen (secondary N) is 3. The van der Waals surface area contributed by atoms with Gasteiger partial charge >= 0.3 is 0 Å². The van der Waals surface area contributed by atoms with Crippen molar-refractivity contribution in [1.29, 1.82) is 5.41 Å². The number of nitrogens with two attached hydrogens (primary N) is 1. The number of nitrogens with zero attached hydrogens (tertiary/aromatic N) is 1. The summed E-state index contributed by atoms with van der Waals surface area (Å²) in [6.45, 7) is 1.98. The van der Waals surface area contributed by atoms with E-state index in [9.17, 15) is 4.79 Å². The molecule has 2 rings (SSSR count). The maximum Gasteiger partial charge on any atom is 0.260 e. The van der Waals surface area contributed by atoms with Gasteiger partial charge in [0, 0.05) is 18.4 Å². The molecule has 2 heterocycles. The minimum atomic E-state index is -0.376. The van der Waals surface area contributed by atoms with Crippen LogP contribution in [-0.2, 0) is 0 Å². The summed E-state index contributed by atoms with van der Waals surface area (Å²) in [5.74, 6) is 0.342. The van der Waals surface area contributed by atoms with E-state index in [0.29, 0.717) is 5.82 Å². The van der Waals surface area contributed by atoms with Crippen LogP contribution in [0.15, 0.2) is 41.5 Å². The van der Waals surface area contributed by atoms with Crippen LogP contribution >= 0.6 is 0 Å². The molecule has 5 N–H and O–H groups in total. The topological polar surface area (TPSA) is 108 Å². The lowest BCUT2D eigenvalue weighted by Crippen LogP contribution is -2.24. The fourth-order valence-corrected chi connectivity index (χ4v) is 1.74. The van der Waals surface area contributed by atoms with Gasteiger partial charge in [-0.05, 0) is 36.8 Å². The maximum absolute atomic E-state index is 11.7. The highest BCUT2D eigenvalue weighted by molar-refractivity contribution is 5.94. The lowest BCUT2D eigenvalue weighted by atomic mass is 10.1. The average Bonchev–Trinajstić information content (AvgIpc) is 2.39. The summed E-state index contributed by atoms with van der Waals surface area (Å²) in [6, 6.07) is 7.06. The standard InChI is InChI=1S/C13H15N5O/c1-8(9-4-6-16-7-5-9)17-11-3-2-10(12(14)15)13(19)18-11/h2-8H,1H3,(H3,14,15)(H2,17,18,19). The second kappa shape index (κ2) is 5.34. The van der Waals surface area contributed by atoms with Gasteiger partial charge in [-0.1, -0.05) is 0 Å². The third kappa shape index (κ3) is 2.98. The molecule has 0 aromatic carbocycles. The molecular weight excluding hydrogens is 242 g/mol. The molecule has 0 saturated heterocycles. The molecule has 0 radical (unpaired) electrons. The number of hydrogen-bond donors (Lipinski definition) is 4. The molecule has 0 aliphatic carbocycles. The normalized spacial score (nSPS) is 11.8. The van der Waals surface area contributed by atoms with Crippen molar-refractivity contribution < 1.29 is 0 Å². The Hall–Kier alpha value is -2.63. The number of H-pyrrole nitrogens is 1. The molecule has 2 aromatic heterocycles. The van der Waals surface area contributed by atoms with Gasteiger partial charge in [0.05, 0.1) is 5.56 Å². The van der Waals surface area contributed by atoms with E-state index in [2.05, 4.69) is 15.3 Å². The molecule has 0 aliphatic heterocycles. The zero-order chi connectivity index (χ0) is 13.8. The first-order chi connectivity index (χ1) is 9.08. The first-order valence-corrected chi connectivity index (χ1v) is 5.82. The van der Waals surface area contributed by atoms with Crippen molar-refractivity contribution in [3.8, 4) is 0 Å². The predicted molar refractivity (Wildman–Crippen MR) is 74.4 cm³/mol. The van der Waals surface area contributed by atoms with Gasteiger partial charge in [-0.2, -0.15) is 0 Å². The second-order valence-corrected chi connectivity index (χ2v) is 4.18. The number of hydrogen-bond acceptors (Lipinski definition) is 4. The first kappa shape index (κ1) is 12.8. The molecule has 0 amide bonds. The molecule has 6 nitrogen and oxygen atoms in total. The Kier molecular flexibility index (Phi) is 3.61. The predicted octanol–water partition coefficient (Wildman–Crippen LogP) is 1.23. The van der Waals surface area contributed by atoms with Crippen molar-refractivity contribution in [2.75, 3.05) is 5.32 Å². The summed E-state index contributed by atoms with van der Waals surface area (Å²) < 4.78 is 0. The smallest absolute Gasteiger partial charge is 0.260 e. The van der Waals surface area contributed by atoms with E-state index in [1.54, 1.807) is 18.5 Å². The number of nitrogen functional groups attached to an aromatic ring is 1. The Morgan fingerprint density at radius 2 is 2.05 bits per heavy atom. The number of amidine groups is 1. The van der Waals surface area contributed by atoms with Crippen LogP contribution in [-0.4, -0.2) is 15.8 Å². The zero-order valence-electron chi connectivity index (χ0n) is 10.5. The fourth-order valence-electron chi connectivity index (χ4n) is 1.74. The monoisotopic (exact) mass is 257 g/mol. The van der Waals surface area contributed by atoms with Crippen LogP contribution in [0.5, 0.6) is 0 Å². The first-order valence-electron chi connectivity index (χ1n) is 5.82. The molecule has 6 heteroatoms. The highest BCUT2D eigenvalue weighted by Crippen LogP contribution is 2.15. The fraction of sp³-hybridized carbons (Fsp3) is 0.154. The minimum Gasteiger partial charge on any atom is -0.384 e. The number of rotatable bonds is 4. The number of aromatic nitrogens is 2. The van der Waals surface area contributed by atoms with Crippen LogP contribution in [0.3, 0.4) is 0 Å². The molecule has 1 atom stereocenters. The van der Waals surface area contributed by atoms with Crippen LogP contribution in [0.1, 0.15) is 24.1 Å². The zero-order valence-corrected chi connectivity index (χ0v) is 10.5. The Morgan fingerprint density at radius 3 is 2.63 bits per heavy atom. The lowest BCUT2D eigenvalue weighted by molar-refractivity contribution is 0.869. The van der Waals surface area contributed by atoms with Crippen molar-refractivity contribution in [2.45, 2.75) is 13.0 Å².